The lowest BCUT2D eigenvalue weighted by Gasteiger charge is -2.32. The molecule has 1 aromatic rings. The van der Waals surface area contributed by atoms with Crippen molar-refractivity contribution in [3.8, 4) is 0 Å². The summed E-state index contributed by atoms with van der Waals surface area (Å²) in [4.78, 5) is 14.0. The van der Waals surface area contributed by atoms with Crippen LogP contribution in [0.2, 0.25) is 0 Å². The Morgan fingerprint density at radius 1 is 1.57 bits per heavy atom. The zero-order chi connectivity index (χ0) is 14.9. The molecule has 1 unspecified atom stereocenters. The van der Waals surface area contributed by atoms with Crippen LogP contribution in [0.25, 0.3) is 0 Å². The van der Waals surface area contributed by atoms with Crippen LogP contribution in [0.5, 0.6) is 0 Å². The number of carbonyl (C=O) groups excluding carboxylic acids is 1. The van der Waals surface area contributed by atoms with E-state index in [0.717, 1.165) is 38.1 Å². The van der Waals surface area contributed by atoms with Gasteiger partial charge >= 0.3 is 6.03 Å². The van der Waals surface area contributed by atoms with Crippen molar-refractivity contribution in [2.45, 2.75) is 39.2 Å². The maximum Gasteiger partial charge on any atom is 0.317 e. The third-order valence-electron chi connectivity index (χ3n) is 3.95. The van der Waals surface area contributed by atoms with Gasteiger partial charge in [-0.2, -0.15) is 0 Å². The first-order valence-corrected chi connectivity index (χ1v) is 7.92. The number of nitrogens with one attached hydrogen (secondary N) is 1. The second kappa shape index (κ2) is 8.72. The Labute approximate surface area is 126 Å². The SMILES string of the molecule is CCC1CCCN(C(=O)NCCCOCc2ccco2)C1. The van der Waals surface area contributed by atoms with Crippen molar-refractivity contribution >= 4 is 6.03 Å². The largest absolute Gasteiger partial charge is 0.467 e. The van der Waals surface area contributed by atoms with E-state index in [0.29, 0.717) is 25.7 Å². The Morgan fingerprint density at radius 2 is 2.48 bits per heavy atom. The summed E-state index contributed by atoms with van der Waals surface area (Å²) in [5.74, 6) is 1.50. The Morgan fingerprint density at radius 3 is 3.24 bits per heavy atom. The van der Waals surface area contributed by atoms with Gasteiger partial charge < -0.3 is 19.4 Å². The van der Waals surface area contributed by atoms with Gasteiger partial charge in [-0.15, -0.1) is 0 Å². The molecule has 0 aliphatic carbocycles. The molecule has 0 spiro atoms. The molecule has 5 heteroatoms. The summed E-state index contributed by atoms with van der Waals surface area (Å²) in [5.41, 5.74) is 0. The van der Waals surface area contributed by atoms with E-state index in [1.165, 1.54) is 6.42 Å². The average Bonchev–Trinajstić information content (AvgIpc) is 3.04. The number of hydrogen-bond acceptors (Lipinski definition) is 3. The van der Waals surface area contributed by atoms with Crippen LogP contribution in [0.1, 0.15) is 38.4 Å². The monoisotopic (exact) mass is 294 g/mol. The van der Waals surface area contributed by atoms with Crippen LogP contribution in [0.15, 0.2) is 22.8 Å². The number of rotatable bonds is 7. The molecule has 1 aliphatic rings. The molecule has 1 saturated heterocycles. The average molecular weight is 294 g/mol. The van der Waals surface area contributed by atoms with Crippen LogP contribution in [0, 0.1) is 5.92 Å². The number of urea groups is 1. The summed E-state index contributed by atoms with van der Waals surface area (Å²) in [7, 11) is 0. The molecule has 0 radical (unpaired) electrons. The van der Waals surface area contributed by atoms with E-state index in [2.05, 4.69) is 12.2 Å². The van der Waals surface area contributed by atoms with E-state index in [9.17, 15) is 4.79 Å². The van der Waals surface area contributed by atoms with E-state index in [-0.39, 0.29) is 6.03 Å². The number of amides is 2. The van der Waals surface area contributed by atoms with Gasteiger partial charge in [-0.05, 0) is 37.3 Å². The smallest absolute Gasteiger partial charge is 0.317 e. The molecule has 21 heavy (non-hydrogen) atoms. The van der Waals surface area contributed by atoms with Crippen molar-refractivity contribution in [2.75, 3.05) is 26.2 Å². The number of furan rings is 1. The summed E-state index contributed by atoms with van der Waals surface area (Å²) in [6.07, 6.45) is 5.99. The van der Waals surface area contributed by atoms with Gasteiger partial charge in [0.05, 0.1) is 6.26 Å². The predicted molar refractivity (Wildman–Crippen MR) is 81.0 cm³/mol. The fourth-order valence-corrected chi connectivity index (χ4v) is 2.63. The Bertz CT molecular complexity index is 406. The van der Waals surface area contributed by atoms with Crippen molar-refractivity contribution in [1.82, 2.24) is 10.2 Å². The highest BCUT2D eigenvalue weighted by Crippen LogP contribution is 2.18. The van der Waals surface area contributed by atoms with Crippen molar-refractivity contribution < 1.29 is 13.9 Å². The zero-order valence-electron chi connectivity index (χ0n) is 12.8. The lowest BCUT2D eigenvalue weighted by molar-refractivity contribution is 0.103. The molecule has 1 N–H and O–H groups in total. The molecule has 1 aliphatic heterocycles. The molecule has 1 atom stereocenters. The lowest BCUT2D eigenvalue weighted by atomic mass is 9.96. The number of ether oxygens (including phenoxy) is 1. The van der Waals surface area contributed by atoms with Crippen LogP contribution in [-0.2, 0) is 11.3 Å². The van der Waals surface area contributed by atoms with Gasteiger partial charge in [0, 0.05) is 26.2 Å². The maximum absolute atomic E-state index is 12.0. The minimum absolute atomic E-state index is 0.0687. The van der Waals surface area contributed by atoms with E-state index in [4.69, 9.17) is 9.15 Å². The fraction of sp³-hybridized carbons (Fsp3) is 0.688. The second-order valence-corrected chi connectivity index (χ2v) is 5.58. The Hall–Kier alpha value is -1.49. The number of likely N-dealkylation sites (tertiary alicyclic amines) is 1. The summed E-state index contributed by atoms with van der Waals surface area (Å²) in [5, 5.41) is 2.97. The highest BCUT2D eigenvalue weighted by atomic mass is 16.5. The van der Waals surface area contributed by atoms with Gasteiger partial charge in [-0.25, -0.2) is 4.79 Å². The molecule has 0 bridgehead atoms. The van der Waals surface area contributed by atoms with Crippen molar-refractivity contribution in [1.29, 1.82) is 0 Å². The molecule has 5 nitrogen and oxygen atoms in total. The van der Waals surface area contributed by atoms with Crippen LogP contribution < -0.4 is 5.32 Å². The lowest BCUT2D eigenvalue weighted by Crippen LogP contribution is -2.45. The molecule has 2 rings (SSSR count). The predicted octanol–water partition coefficient (Wildman–Crippen LogP) is 3.02. The number of piperidine rings is 1. The Balaban J connectivity index is 1.52. The molecule has 1 fully saturated rings. The molecule has 2 amide bonds. The summed E-state index contributed by atoms with van der Waals surface area (Å²) < 4.78 is 10.7. The van der Waals surface area contributed by atoms with E-state index < -0.39 is 0 Å². The summed E-state index contributed by atoms with van der Waals surface area (Å²) in [6.45, 7) is 5.76. The molecule has 0 aromatic carbocycles. The summed E-state index contributed by atoms with van der Waals surface area (Å²) >= 11 is 0. The van der Waals surface area contributed by atoms with Gasteiger partial charge in [0.25, 0.3) is 0 Å². The quantitative estimate of drug-likeness (QED) is 0.786. The van der Waals surface area contributed by atoms with Crippen molar-refractivity contribution in [3.63, 3.8) is 0 Å². The van der Waals surface area contributed by atoms with Crippen molar-refractivity contribution in [3.05, 3.63) is 24.2 Å². The maximum atomic E-state index is 12.0. The molecule has 118 valence electrons. The van der Waals surface area contributed by atoms with E-state index in [1.54, 1.807) is 6.26 Å². The first-order chi connectivity index (χ1) is 10.3. The number of hydrogen-bond donors (Lipinski definition) is 1. The molecule has 1 aromatic heterocycles. The van der Waals surface area contributed by atoms with Gasteiger partial charge in [0.15, 0.2) is 0 Å². The third kappa shape index (κ3) is 5.42. The highest BCUT2D eigenvalue weighted by Gasteiger charge is 2.21. The van der Waals surface area contributed by atoms with Crippen LogP contribution in [0.3, 0.4) is 0 Å². The molecular weight excluding hydrogens is 268 g/mol. The van der Waals surface area contributed by atoms with Gasteiger partial charge in [-0.3, -0.25) is 0 Å². The number of carbonyl (C=O) groups is 1. The molecule has 0 saturated carbocycles. The normalized spacial score (nSPS) is 18.7. The highest BCUT2D eigenvalue weighted by molar-refractivity contribution is 5.74. The zero-order valence-corrected chi connectivity index (χ0v) is 12.8. The summed E-state index contributed by atoms with van der Waals surface area (Å²) in [6, 6.07) is 3.81. The first kappa shape index (κ1) is 15.9. The Kier molecular flexibility index (Phi) is 6.60. The molecule has 2 heterocycles. The van der Waals surface area contributed by atoms with Gasteiger partial charge in [0.2, 0.25) is 0 Å². The van der Waals surface area contributed by atoms with Crippen LogP contribution in [-0.4, -0.2) is 37.2 Å². The van der Waals surface area contributed by atoms with Crippen molar-refractivity contribution in [2.24, 2.45) is 5.92 Å². The minimum Gasteiger partial charge on any atom is -0.467 e. The van der Waals surface area contributed by atoms with E-state index >= 15 is 0 Å². The number of nitrogens with zero attached hydrogens (tertiary/aromatic N) is 1. The second-order valence-electron chi connectivity index (χ2n) is 5.58. The van der Waals surface area contributed by atoms with Gasteiger partial charge in [-0.1, -0.05) is 13.3 Å². The fourth-order valence-electron chi connectivity index (χ4n) is 2.63. The standard InChI is InChI=1S/C16H26N2O3/c1-2-14-6-3-9-18(12-14)16(19)17-8-5-10-20-13-15-7-4-11-21-15/h4,7,11,14H,2-3,5-6,8-10,12-13H2,1H3,(H,17,19). The van der Waals surface area contributed by atoms with Crippen LogP contribution in [0.4, 0.5) is 4.79 Å². The van der Waals surface area contributed by atoms with E-state index in [1.807, 2.05) is 17.0 Å². The third-order valence-corrected chi connectivity index (χ3v) is 3.95. The topological polar surface area (TPSA) is 54.7 Å². The van der Waals surface area contributed by atoms with Crippen LogP contribution >= 0.6 is 0 Å². The molecular formula is C16H26N2O3. The van der Waals surface area contributed by atoms with Gasteiger partial charge in [0.1, 0.15) is 12.4 Å². The first-order valence-electron chi connectivity index (χ1n) is 7.92. The minimum atomic E-state index is 0.0687.